The zero-order valence-corrected chi connectivity index (χ0v) is 10.6. The molecule has 1 aliphatic rings. The lowest BCUT2D eigenvalue weighted by molar-refractivity contribution is -0.147. The summed E-state index contributed by atoms with van der Waals surface area (Å²) in [4.78, 5) is 11.1. The van der Waals surface area contributed by atoms with Gasteiger partial charge in [-0.25, -0.2) is 0 Å². The molecule has 1 saturated carbocycles. The number of nitrogens with two attached hydrogens (primary N) is 1. The molecule has 0 saturated heterocycles. The Hall–Kier alpha value is -0.650. The van der Waals surface area contributed by atoms with E-state index in [9.17, 15) is 4.79 Å². The molecule has 3 N–H and O–H groups in total. The largest absolute Gasteiger partial charge is 0.480 e. The Morgan fingerprint density at radius 3 is 2.47 bits per heavy atom. The fraction of sp³-hybridized carbons (Fsp3) is 0.917. The highest BCUT2D eigenvalue weighted by atomic mass is 16.5. The van der Waals surface area contributed by atoms with Crippen LogP contribution in [-0.4, -0.2) is 43.0 Å². The minimum atomic E-state index is -1.21. The third-order valence-electron chi connectivity index (χ3n) is 2.87. The second kappa shape index (κ2) is 6.33. The molecule has 0 heterocycles. The molecular formula is C12H23NO4. The molecule has 0 aromatic rings. The maximum absolute atomic E-state index is 11.1. The standard InChI is InChI=1S/C12H23NO4/c1-9(2)7-16-5-6-17-8-12(13,11(14)15)10-3-4-10/h9-10H,3-8,13H2,1-2H3,(H,14,15). The van der Waals surface area contributed by atoms with Gasteiger partial charge in [0.15, 0.2) is 0 Å². The highest BCUT2D eigenvalue weighted by Crippen LogP contribution is 2.38. The van der Waals surface area contributed by atoms with Gasteiger partial charge in [-0.05, 0) is 24.7 Å². The van der Waals surface area contributed by atoms with Gasteiger partial charge in [-0.15, -0.1) is 0 Å². The highest BCUT2D eigenvalue weighted by Gasteiger charge is 2.48. The molecule has 0 aromatic heterocycles. The summed E-state index contributed by atoms with van der Waals surface area (Å²) in [5.74, 6) is -0.409. The molecule has 0 amide bonds. The number of carboxylic acid groups (broad SMARTS) is 1. The van der Waals surface area contributed by atoms with Crippen LogP contribution >= 0.6 is 0 Å². The number of rotatable bonds is 9. The lowest BCUT2D eigenvalue weighted by Gasteiger charge is -2.24. The van der Waals surface area contributed by atoms with Crippen molar-refractivity contribution < 1.29 is 19.4 Å². The summed E-state index contributed by atoms with van der Waals surface area (Å²) in [6.45, 7) is 5.79. The van der Waals surface area contributed by atoms with E-state index in [1.54, 1.807) is 0 Å². The highest BCUT2D eigenvalue weighted by molar-refractivity contribution is 5.79. The van der Waals surface area contributed by atoms with Gasteiger partial charge < -0.3 is 20.3 Å². The fourth-order valence-corrected chi connectivity index (χ4v) is 1.63. The summed E-state index contributed by atoms with van der Waals surface area (Å²) in [5, 5.41) is 9.08. The Morgan fingerprint density at radius 1 is 1.41 bits per heavy atom. The summed E-state index contributed by atoms with van der Waals surface area (Å²) in [6, 6.07) is 0. The summed E-state index contributed by atoms with van der Waals surface area (Å²) in [5.41, 5.74) is 4.63. The molecule has 100 valence electrons. The van der Waals surface area contributed by atoms with Crippen LogP contribution in [0.4, 0.5) is 0 Å². The second-order valence-electron chi connectivity index (χ2n) is 5.14. The molecular weight excluding hydrogens is 222 g/mol. The SMILES string of the molecule is CC(C)COCCOCC(N)(C(=O)O)C1CC1. The van der Waals surface area contributed by atoms with Gasteiger partial charge in [0, 0.05) is 6.61 Å². The first-order valence-corrected chi connectivity index (χ1v) is 6.14. The Bertz CT molecular complexity index is 253. The Morgan fingerprint density at radius 2 is 2.00 bits per heavy atom. The van der Waals surface area contributed by atoms with Crippen LogP contribution in [0.25, 0.3) is 0 Å². The Balaban J connectivity index is 2.13. The minimum Gasteiger partial charge on any atom is -0.480 e. The van der Waals surface area contributed by atoms with E-state index in [-0.39, 0.29) is 12.5 Å². The summed E-state index contributed by atoms with van der Waals surface area (Å²) >= 11 is 0. The van der Waals surface area contributed by atoms with Crippen LogP contribution < -0.4 is 5.73 Å². The fourth-order valence-electron chi connectivity index (χ4n) is 1.63. The van der Waals surface area contributed by atoms with Crippen molar-refractivity contribution in [2.45, 2.75) is 32.2 Å². The van der Waals surface area contributed by atoms with E-state index in [1.165, 1.54) is 0 Å². The molecule has 0 bridgehead atoms. The predicted octanol–water partition coefficient (Wildman–Crippen LogP) is 0.868. The molecule has 1 rings (SSSR count). The number of ether oxygens (including phenoxy) is 2. The maximum Gasteiger partial charge on any atom is 0.326 e. The van der Waals surface area contributed by atoms with Gasteiger partial charge in [-0.3, -0.25) is 4.79 Å². The monoisotopic (exact) mass is 245 g/mol. The molecule has 17 heavy (non-hydrogen) atoms. The number of carboxylic acids is 1. The molecule has 1 atom stereocenters. The van der Waals surface area contributed by atoms with E-state index < -0.39 is 11.5 Å². The molecule has 1 aliphatic carbocycles. The van der Waals surface area contributed by atoms with E-state index >= 15 is 0 Å². The molecule has 1 fully saturated rings. The van der Waals surface area contributed by atoms with Crippen molar-refractivity contribution in [3.8, 4) is 0 Å². The van der Waals surface area contributed by atoms with Crippen molar-refractivity contribution in [1.82, 2.24) is 0 Å². The van der Waals surface area contributed by atoms with Crippen molar-refractivity contribution in [1.29, 1.82) is 0 Å². The van der Waals surface area contributed by atoms with E-state index in [2.05, 4.69) is 13.8 Å². The van der Waals surface area contributed by atoms with Crippen molar-refractivity contribution in [2.75, 3.05) is 26.4 Å². The quantitative estimate of drug-likeness (QED) is 0.589. The first kappa shape index (κ1) is 14.4. The number of carbonyl (C=O) groups is 1. The van der Waals surface area contributed by atoms with Gasteiger partial charge in [0.05, 0.1) is 19.8 Å². The normalized spacial score (nSPS) is 19.3. The van der Waals surface area contributed by atoms with Crippen LogP contribution in [0.1, 0.15) is 26.7 Å². The lowest BCUT2D eigenvalue weighted by Crippen LogP contribution is -2.54. The molecule has 0 aliphatic heterocycles. The van der Waals surface area contributed by atoms with Crippen LogP contribution in [0, 0.1) is 11.8 Å². The van der Waals surface area contributed by atoms with Gasteiger partial charge >= 0.3 is 5.97 Å². The zero-order chi connectivity index (χ0) is 12.9. The van der Waals surface area contributed by atoms with Crippen LogP contribution in [0.15, 0.2) is 0 Å². The van der Waals surface area contributed by atoms with Crippen LogP contribution in [0.2, 0.25) is 0 Å². The van der Waals surface area contributed by atoms with E-state index in [0.717, 1.165) is 12.8 Å². The maximum atomic E-state index is 11.1. The van der Waals surface area contributed by atoms with E-state index in [0.29, 0.717) is 25.7 Å². The van der Waals surface area contributed by atoms with Gasteiger partial charge in [0.2, 0.25) is 0 Å². The van der Waals surface area contributed by atoms with Gasteiger partial charge in [-0.1, -0.05) is 13.8 Å². The van der Waals surface area contributed by atoms with E-state index in [4.69, 9.17) is 20.3 Å². The number of aliphatic carboxylic acids is 1. The van der Waals surface area contributed by atoms with Crippen LogP contribution in [0.3, 0.4) is 0 Å². The summed E-state index contributed by atoms with van der Waals surface area (Å²) < 4.78 is 10.6. The van der Waals surface area contributed by atoms with Crippen molar-refractivity contribution in [2.24, 2.45) is 17.6 Å². The average Bonchev–Trinajstić information content (AvgIpc) is 3.05. The third kappa shape index (κ3) is 4.61. The van der Waals surface area contributed by atoms with Gasteiger partial charge in [-0.2, -0.15) is 0 Å². The molecule has 1 unspecified atom stereocenters. The van der Waals surface area contributed by atoms with Crippen LogP contribution in [0.5, 0.6) is 0 Å². The number of hydrogen-bond donors (Lipinski definition) is 2. The molecule has 0 radical (unpaired) electrons. The smallest absolute Gasteiger partial charge is 0.326 e. The van der Waals surface area contributed by atoms with Crippen molar-refractivity contribution in [3.63, 3.8) is 0 Å². The Labute approximate surface area is 102 Å². The first-order valence-electron chi connectivity index (χ1n) is 6.14. The molecule has 0 spiro atoms. The van der Waals surface area contributed by atoms with Gasteiger partial charge in [0.1, 0.15) is 5.54 Å². The van der Waals surface area contributed by atoms with Crippen molar-refractivity contribution >= 4 is 5.97 Å². The van der Waals surface area contributed by atoms with E-state index in [1.807, 2.05) is 0 Å². The topological polar surface area (TPSA) is 81.8 Å². The minimum absolute atomic E-state index is 0.0663. The lowest BCUT2D eigenvalue weighted by atomic mass is 9.96. The molecule has 0 aromatic carbocycles. The van der Waals surface area contributed by atoms with Gasteiger partial charge in [0.25, 0.3) is 0 Å². The zero-order valence-electron chi connectivity index (χ0n) is 10.6. The van der Waals surface area contributed by atoms with Crippen molar-refractivity contribution in [3.05, 3.63) is 0 Å². The Kier molecular flexibility index (Phi) is 5.36. The summed E-state index contributed by atoms with van der Waals surface area (Å²) in [6.07, 6.45) is 1.77. The molecule has 5 nitrogen and oxygen atoms in total. The summed E-state index contributed by atoms with van der Waals surface area (Å²) in [7, 11) is 0. The third-order valence-corrected chi connectivity index (χ3v) is 2.87. The molecule has 5 heteroatoms. The van der Waals surface area contributed by atoms with Crippen LogP contribution in [-0.2, 0) is 14.3 Å². The second-order valence-corrected chi connectivity index (χ2v) is 5.14. The first-order chi connectivity index (χ1) is 7.97. The number of hydrogen-bond acceptors (Lipinski definition) is 4. The predicted molar refractivity (Wildman–Crippen MR) is 63.8 cm³/mol. The average molecular weight is 245 g/mol.